The first-order valence-corrected chi connectivity index (χ1v) is 5.07. The minimum Gasteiger partial charge on any atom is -0.325 e. The highest BCUT2D eigenvalue weighted by Crippen LogP contribution is 2.29. The molecule has 2 N–H and O–H groups in total. The quantitative estimate of drug-likeness (QED) is 0.845. The van der Waals surface area contributed by atoms with Crippen LogP contribution in [0.3, 0.4) is 0 Å². The molecule has 0 fully saturated rings. The zero-order valence-electron chi connectivity index (χ0n) is 8.44. The van der Waals surface area contributed by atoms with E-state index in [4.69, 9.17) is 17.3 Å². The van der Waals surface area contributed by atoms with E-state index in [1.54, 1.807) is 4.68 Å². The van der Waals surface area contributed by atoms with Gasteiger partial charge in [-0.05, 0) is 6.07 Å². The second-order valence-corrected chi connectivity index (χ2v) is 3.75. The van der Waals surface area contributed by atoms with Crippen molar-refractivity contribution in [2.45, 2.75) is 6.54 Å². The highest BCUT2D eigenvalue weighted by molar-refractivity contribution is 6.33. The van der Waals surface area contributed by atoms with Gasteiger partial charge in [-0.3, -0.25) is 4.68 Å². The zero-order valence-corrected chi connectivity index (χ0v) is 9.20. The molecule has 15 heavy (non-hydrogen) atoms. The van der Waals surface area contributed by atoms with Crippen molar-refractivity contribution >= 4 is 11.6 Å². The summed E-state index contributed by atoms with van der Waals surface area (Å²) in [5.41, 5.74) is 8.48. The molecule has 0 radical (unpaired) electrons. The molecule has 2 rings (SSSR count). The SMILES string of the molecule is Cn1cc(-c2ccccc2Cl)c(CN)n1. The third kappa shape index (κ3) is 1.89. The van der Waals surface area contributed by atoms with Crippen molar-refractivity contribution in [2.75, 3.05) is 0 Å². The molecule has 0 aliphatic heterocycles. The van der Waals surface area contributed by atoms with E-state index < -0.39 is 0 Å². The summed E-state index contributed by atoms with van der Waals surface area (Å²) in [6, 6.07) is 7.70. The molecule has 4 heteroatoms. The largest absolute Gasteiger partial charge is 0.325 e. The lowest BCUT2D eigenvalue weighted by Crippen LogP contribution is -1.99. The summed E-state index contributed by atoms with van der Waals surface area (Å²) in [4.78, 5) is 0. The van der Waals surface area contributed by atoms with Crippen molar-refractivity contribution < 1.29 is 0 Å². The zero-order chi connectivity index (χ0) is 10.8. The second-order valence-electron chi connectivity index (χ2n) is 3.35. The third-order valence-corrected chi connectivity index (χ3v) is 2.59. The van der Waals surface area contributed by atoms with E-state index in [9.17, 15) is 0 Å². The monoisotopic (exact) mass is 221 g/mol. The number of halogens is 1. The number of nitrogens with two attached hydrogens (primary N) is 1. The van der Waals surface area contributed by atoms with E-state index in [0.717, 1.165) is 21.8 Å². The highest BCUT2D eigenvalue weighted by Gasteiger charge is 2.10. The summed E-state index contributed by atoms with van der Waals surface area (Å²) in [6.45, 7) is 0.418. The molecule has 3 nitrogen and oxygen atoms in total. The van der Waals surface area contributed by atoms with Crippen LogP contribution in [-0.2, 0) is 13.6 Å². The molecule has 1 aromatic heterocycles. The van der Waals surface area contributed by atoms with Crippen LogP contribution in [0, 0.1) is 0 Å². The molecule has 0 bridgehead atoms. The Kier molecular flexibility index (Phi) is 2.75. The molecule has 2 aromatic rings. The molecule has 78 valence electrons. The molecule has 0 atom stereocenters. The maximum atomic E-state index is 6.12. The summed E-state index contributed by atoms with van der Waals surface area (Å²) < 4.78 is 1.75. The van der Waals surface area contributed by atoms with Crippen molar-refractivity contribution in [1.29, 1.82) is 0 Å². The molecular weight excluding hydrogens is 210 g/mol. The summed E-state index contributed by atoms with van der Waals surface area (Å²) in [5.74, 6) is 0. The van der Waals surface area contributed by atoms with Crippen molar-refractivity contribution in [1.82, 2.24) is 9.78 Å². The van der Waals surface area contributed by atoms with Gasteiger partial charge >= 0.3 is 0 Å². The van der Waals surface area contributed by atoms with Crippen LogP contribution in [-0.4, -0.2) is 9.78 Å². The first-order valence-electron chi connectivity index (χ1n) is 4.70. The molecule has 0 saturated heterocycles. The Bertz CT molecular complexity index is 476. The fourth-order valence-corrected chi connectivity index (χ4v) is 1.83. The maximum absolute atomic E-state index is 6.12. The number of nitrogens with zero attached hydrogens (tertiary/aromatic N) is 2. The van der Waals surface area contributed by atoms with Crippen LogP contribution in [0.4, 0.5) is 0 Å². The lowest BCUT2D eigenvalue weighted by atomic mass is 10.1. The predicted octanol–water partition coefficient (Wildman–Crippen LogP) is 2.20. The number of aromatic nitrogens is 2. The van der Waals surface area contributed by atoms with Crippen LogP contribution < -0.4 is 5.73 Å². The van der Waals surface area contributed by atoms with Gasteiger partial charge in [0.15, 0.2) is 0 Å². The van der Waals surface area contributed by atoms with Crippen LogP contribution in [0.2, 0.25) is 5.02 Å². The van der Waals surface area contributed by atoms with Gasteiger partial charge in [-0.2, -0.15) is 5.10 Å². The molecule has 0 aliphatic rings. The van der Waals surface area contributed by atoms with Gasteiger partial charge in [0, 0.05) is 35.9 Å². The van der Waals surface area contributed by atoms with Crippen LogP contribution in [0.1, 0.15) is 5.69 Å². The van der Waals surface area contributed by atoms with E-state index >= 15 is 0 Å². The Morgan fingerprint density at radius 3 is 2.73 bits per heavy atom. The van der Waals surface area contributed by atoms with Crippen molar-refractivity contribution in [3.8, 4) is 11.1 Å². The normalized spacial score (nSPS) is 10.6. The fourth-order valence-electron chi connectivity index (χ4n) is 1.59. The van der Waals surface area contributed by atoms with Crippen molar-refractivity contribution in [3.63, 3.8) is 0 Å². The molecule has 1 heterocycles. The average molecular weight is 222 g/mol. The summed E-state index contributed by atoms with van der Waals surface area (Å²) in [6.07, 6.45) is 1.93. The van der Waals surface area contributed by atoms with Gasteiger partial charge in [0.25, 0.3) is 0 Å². The Hall–Kier alpha value is -1.32. The van der Waals surface area contributed by atoms with E-state index in [1.165, 1.54) is 0 Å². The van der Waals surface area contributed by atoms with Crippen LogP contribution in [0.5, 0.6) is 0 Å². The van der Waals surface area contributed by atoms with Crippen LogP contribution >= 0.6 is 11.6 Å². The molecule has 0 unspecified atom stereocenters. The Morgan fingerprint density at radius 2 is 2.07 bits per heavy atom. The van der Waals surface area contributed by atoms with Crippen LogP contribution in [0.25, 0.3) is 11.1 Å². The fraction of sp³-hybridized carbons (Fsp3) is 0.182. The van der Waals surface area contributed by atoms with Gasteiger partial charge in [-0.25, -0.2) is 0 Å². The van der Waals surface area contributed by atoms with E-state index in [1.807, 2.05) is 37.5 Å². The van der Waals surface area contributed by atoms with Gasteiger partial charge in [0.2, 0.25) is 0 Å². The second kappa shape index (κ2) is 4.04. The molecule has 1 aromatic carbocycles. The topological polar surface area (TPSA) is 43.8 Å². The van der Waals surface area contributed by atoms with Gasteiger partial charge in [0.1, 0.15) is 0 Å². The first-order chi connectivity index (χ1) is 7.22. The summed E-state index contributed by atoms with van der Waals surface area (Å²) >= 11 is 6.12. The molecule has 0 amide bonds. The number of benzene rings is 1. The standard InChI is InChI=1S/C11H12ClN3/c1-15-7-9(11(6-13)14-15)8-4-2-3-5-10(8)12/h2-5,7H,6,13H2,1H3. The van der Waals surface area contributed by atoms with E-state index in [2.05, 4.69) is 5.10 Å². The van der Waals surface area contributed by atoms with E-state index in [0.29, 0.717) is 6.54 Å². The molecule has 0 spiro atoms. The van der Waals surface area contributed by atoms with E-state index in [-0.39, 0.29) is 0 Å². The van der Waals surface area contributed by atoms with Gasteiger partial charge in [0.05, 0.1) is 5.69 Å². The number of hydrogen-bond donors (Lipinski definition) is 1. The number of aryl methyl sites for hydroxylation is 1. The highest BCUT2D eigenvalue weighted by atomic mass is 35.5. The third-order valence-electron chi connectivity index (χ3n) is 2.26. The minimum absolute atomic E-state index is 0.418. The molecule has 0 saturated carbocycles. The number of hydrogen-bond acceptors (Lipinski definition) is 2. The summed E-state index contributed by atoms with van der Waals surface area (Å²) in [5, 5.41) is 5.00. The Labute approximate surface area is 93.5 Å². The van der Waals surface area contributed by atoms with Gasteiger partial charge in [-0.15, -0.1) is 0 Å². The van der Waals surface area contributed by atoms with Crippen LogP contribution in [0.15, 0.2) is 30.5 Å². The smallest absolute Gasteiger partial charge is 0.0838 e. The molecular formula is C11H12ClN3. The number of rotatable bonds is 2. The first kappa shape index (κ1) is 10.2. The summed E-state index contributed by atoms with van der Waals surface area (Å²) in [7, 11) is 1.87. The Morgan fingerprint density at radius 1 is 1.33 bits per heavy atom. The van der Waals surface area contributed by atoms with Gasteiger partial charge in [-0.1, -0.05) is 29.8 Å². The maximum Gasteiger partial charge on any atom is 0.0838 e. The van der Waals surface area contributed by atoms with Gasteiger partial charge < -0.3 is 5.73 Å². The lowest BCUT2D eigenvalue weighted by molar-refractivity contribution is 0.742. The average Bonchev–Trinajstić information content (AvgIpc) is 2.60. The minimum atomic E-state index is 0.418. The predicted molar refractivity (Wildman–Crippen MR) is 61.5 cm³/mol. The van der Waals surface area contributed by atoms with Crippen molar-refractivity contribution in [2.24, 2.45) is 12.8 Å². The molecule has 0 aliphatic carbocycles. The lowest BCUT2D eigenvalue weighted by Gasteiger charge is -2.02. The van der Waals surface area contributed by atoms with Crippen molar-refractivity contribution in [3.05, 3.63) is 41.2 Å². The Balaban J connectivity index is 2.58.